The van der Waals surface area contributed by atoms with Gasteiger partial charge in [0.2, 0.25) is 5.76 Å². The summed E-state index contributed by atoms with van der Waals surface area (Å²) in [6.45, 7) is 3.81. The molecule has 1 heterocycles. The molecule has 0 spiro atoms. The van der Waals surface area contributed by atoms with Crippen molar-refractivity contribution in [1.82, 2.24) is 5.16 Å². The smallest absolute Gasteiger partial charge is 0.374 e. The third-order valence-electron chi connectivity index (χ3n) is 2.61. The normalized spacial score (nSPS) is 10.7. The first-order valence-corrected chi connectivity index (χ1v) is 6.96. The molecule has 0 radical (unpaired) electrons. The van der Waals surface area contributed by atoms with Gasteiger partial charge in [-0.1, -0.05) is 5.16 Å². The van der Waals surface area contributed by atoms with E-state index in [2.05, 4.69) is 21.1 Å². The van der Waals surface area contributed by atoms with E-state index in [1.807, 2.05) is 13.8 Å². The maximum Gasteiger partial charge on any atom is 0.374 e. The second-order valence-electron chi connectivity index (χ2n) is 4.53. The highest BCUT2D eigenvalue weighted by molar-refractivity contribution is 9.10. The van der Waals surface area contributed by atoms with E-state index in [9.17, 15) is 4.79 Å². The fourth-order valence-corrected chi connectivity index (χ4v) is 2.27. The first-order chi connectivity index (χ1) is 9.92. The van der Waals surface area contributed by atoms with Crippen LogP contribution in [0.4, 0.5) is 0 Å². The molecule has 0 unspecified atom stereocenters. The van der Waals surface area contributed by atoms with Crippen LogP contribution in [0.25, 0.3) is 11.3 Å². The number of halogens is 1. The van der Waals surface area contributed by atoms with Gasteiger partial charge in [-0.05, 0) is 41.9 Å². The van der Waals surface area contributed by atoms with Crippen molar-refractivity contribution in [1.29, 1.82) is 0 Å². The molecule has 1 aromatic carbocycles. The first kappa shape index (κ1) is 15.4. The third kappa shape index (κ3) is 3.36. The lowest BCUT2D eigenvalue weighted by molar-refractivity contribution is 0.0652. The number of hydrogen-bond acceptors (Lipinski definition) is 5. The van der Waals surface area contributed by atoms with Crippen molar-refractivity contribution in [2.45, 2.75) is 20.0 Å². The molecule has 0 saturated carbocycles. The van der Waals surface area contributed by atoms with Gasteiger partial charge in [0, 0.05) is 16.1 Å². The topological polar surface area (TPSA) is 81.8 Å². The fourth-order valence-electron chi connectivity index (χ4n) is 1.74. The van der Waals surface area contributed by atoms with Crippen LogP contribution < -0.4 is 9.47 Å². The number of methoxy groups -OCH3 is 1. The Hall–Kier alpha value is -2.02. The van der Waals surface area contributed by atoms with Crippen LogP contribution >= 0.6 is 15.9 Å². The van der Waals surface area contributed by atoms with Crippen molar-refractivity contribution in [2.75, 3.05) is 7.11 Å². The largest absolute Gasteiger partial charge is 0.493 e. The molecule has 112 valence electrons. The summed E-state index contributed by atoms with van der Waals surface area (Å²) in [6, 6.07) is 4.82. The number of rotatable bonds is 5. The van der Waals surface area contributed by atoms with Gasteiger partial charge in [0.05, 0.1) is 13.2 Å². The van der Waals surface area contributed by atoms with E-state index >= 15 is 0 Å². The molecule has 0 saturated heterocycles. The van der Waals surface area contributed by atoms with Crippen LogP contribution in [0.3, 0.4) is 0 Å². The molecule has 0 fully saturated rings. The second kappa shape index (κ2) is 6.17. The van der Waals surface area contributed by atoms with Gasteiger partial charge >= 0.3 is 5.97 Å². The Kier molecular flexibility index (Phi) is 4.52. The Morgan fingerprint density at radius 3 is 2.57 bits per heavy atom. The van der Waals surface area contributed by atoms with Gasteiger partial charge in [0.25, 0.3) is 0 Å². The number of carboxylic acids is 1. The summed E-state index contributed by atoms with van der Waals surface area (Å²) >= 11 is 3.41. The highest BCUT2D eigenvalue weighted by Gasteiger charge is 2.18. The summed E-state index contributed by atoms with van der Waals surface area (Å²) in [5.74, 6) is -0.275. The lowest BCUT2D eigenvalue weighted by atomic mass is 10.1. The molecule has 0 amide bonds. The highest BCUT2D eigenvalue weighted by Crippen LogP contribution is 2.38. The predicted molar refractivity (Wildman–Crippen MR) is 78.9 cm³/mol. The van der Waals surface area contributed by atoms with Crippen molar-refractivity contribution < 1.29 is 23.9 Å². The van der Waals surface area contributed by atoms with Crippen molar-refractivity contribution >= 4 is 21.9 Å². The Balaban J connectivity index is 2.49. The molecule has 2 rings (SSSR count). The minimum atomic E-state index is -1.17. The Morgan fingerprint density at radius 2 is 2.05 bits per heavy atom. The van der Waals surface area contributed by atoms with E-state index < -0.39 is 5.97 Å². The zero-order chi connectivity index (χ0) is 15.6. The minimum absolute atomic E-state index is 0.0279. The van der Waals surface area contributed by atoms with Crippen LogP contribution in [0.2, 0.25) is 0 Å². The number of hydrogen-bond donors (Lipinski definition) is 1. The molecule has 6 nitrogen and oxygen atoms in total. The molecule has 0 bridgehead atoms. The Labute approximate surface area is 129 Å². The molecule has 1 N–H and O–H groups in total. The number of carboxylic acid groups (broad SMARTS) is 1. The molecule has 0 aliphatic carbocycles. The fraction of sp³-hybridized carbons (Fsp3) is 0.286. The zero-order valence-corrected chi connectivity index (χ0v) is 13.3. The lowest BCUT2D eigenvalue weighted by Gasteiger charge is -2.15. The molecule has 2 aromatic rings. The monoisotopic (exact) mass is 355 g/mol. The summed E-state index contributed by atoms with van der Waals surface area (Å²) in [4.78, 5) is 10.9. The van der Waals surface area contributed by atoms with Gasteiger partial charge < -0.3 is 19.1 Å². The van der Waals surface area contributed by atoms with Gasteiger partial charge in [0.1, 0.15) is 5.69 Å². The van der Waals surface area contributed by atoms with Crippen LogP contribution in [-0.2, 0) is 0 Å². The number of carbonyl (C=O) groups is 1. The number of ether oxygens (including phenoxy) is 2. The maximum absolute atomic E-state index is 10.9. The molecule has 1 aromatic heterocycles. The zero-order valence-electron chi connectivity index (χ0n) is 11.7. The van der Waals surface area contributed by atoms with Crippen molar-refractivity contribution in [2.24, 2.45) is 0 Å². The first-order valence-electron chi connectivity index (χ1n) is 6.17. The molecular formula is C14H14BrNO5. The Bertz CT molecular complexity index is 665. The summed E-state index contributed by atoms with van der Waals surface area (Å²) < 4.78 is 16.4. The summed E-state index contributed by atoms with van der Waals surface area (Å²) in [6.07, 6.45) is -0.0279. The minimum Gasteiger partial charge on any atom is -0.493 e. The summed E-state index contributed by atoms with van der Waals surface area (Å²) in [5.41, 5.74) is 1.05. The molecule has 0 aliphatic heterocycles. The SMILES string of the molecule is COc1cc(Br)c(-c2cc(C(=O)O)on2)cc1OC(C)C. The second-order valence-corrected chi connectivity index (χ2v) is 5.39. The van der Waals surface area contributed by atoms with E-state index in [0.717, 1.165) is 0 Å². The van der Waals surface area contributed by atoms with Crippen molar-refractivity contribution in [3.05, 3.63) is 28.4 Å². The van der Waals surface area contributed by atoms with Crippen molar-refractivity contribution in [3.8, 4) is 22.8 Å². The molecule has 0 aliphatic rings. The number of nitrogens with zero attached hydrogens (tertiary/aromatic N) is 1. The average Bonchev–Trinajstić information content (AvgIpc) is 2.89. The predicted octanol–water partition coefficient (Wildman–Crippen LogP) is 3.60. The molecule has 7 heteroatoms. The van der Waals surface area contributed by atoms with Crippen LogP contribution in [0.15, 0.2) is 27.2 Å². The standard InChI is InChI=1S/C14H14BrNO5/c1-7(2)20-12-4-8(9(15)5-11(12)19-3)10-6-13(14(17)18)21-16-10/h4-7H,1-3H3,(H,17,18). The number of aromatic nitrogens is 1. The van der Waals surface area contributed by atoms with Crippen LogP contribution in [-0.4, -0.2) is 29.4 Å². The van der Waals surface area contributed by atoms with E-state index in [1.165, 1.54) is 6.07 Å². The number of benzene rings is 1. The van der Waals surface area contributed by atoms with Gasteiger partial charge in [-0.25, -0.2) is 4.79 Å². The average molecular weight is 356 g/mol. The van der Waals surface area contributed by atoms with E-state index in [-0.39, 0.29) is 11.9 Å². The van der Waals surface area contributed by atoms with Crippen LogP contribution in [0.5, 0.6) is 11.5 Å². The van der Waals surface area contributed by atoms with Gasteiger partial charge in [0.15, 0.2) is 11.5 Å². The van der Waals surface area contributed by atoms with Gasteiger partial charge in [-0.3, -0.25) is 0 Å². The Morgan fingerprint density at radius 1 is 1.33 bits per heavy atom. The summed E-state index contributed by atoms with van der Waals surface area (Å²) in [7, 11) is 1.55. The molecule has 0 atom stereocenters. The molecule has 21 heavy (non-hydrogen) atoms. The van der Waals surface area contributed by atoms with Crippen LogP contribution in [0, 0.1) is 0 Å². The van der Waals surface area contributed by atoms with Gasteiger partial charge in [-0.2, -0.15) is 0 Å². The van der Waals surface area contributed by atoms with E-state index in [0.29, 0.717) is 27.2 Å². The summed E-state index contributed by atoms with van der Waals surface area (Å²) in [5, 5.41) is 12.6. The van der Waals surface area contributed by atoms with Crippen LogP contribution in [0.1, 0.15) is 24.4 Å². The van der Waals surface area contributed by atoms with E-state index in [4.69, 9.17) is 19.1 Å². The quantitative estimate of drug-likeness (QED) is 0.882. The maximum atomic E-state index is 10.9. The van der Waals surface area contributed by atoms with Crippen molar-refractivity contribution in [3.63, 3.8) is 0 Å². The highest BCUT2D eigenvalue weighted by atomic mass is 79.9. The van der Waals surface area contributed by atoms with E-state index in [1.54, 1.807) is 19.2 Å². The van der Waals surface area contributed by atoms with Gasteiger partial charge in [-0.15, -0.1) is 0 Å². The molecular weight excluding hydrogens is 342 g/mol. The third-order valence-corrected chi connectivity index (χ3v) is 3.27. The number of aromatic carboxylic acids is 1. The lowest BCUT2D eigenvalue weighted by Crippen LogP contribution is -2.07.